The highest BCUT2D eigenvalue weighted by Crippen LogP contribution is 2.25. The van der Waals surface area contributed by atoms with E-state index in [-0.39, 0.29) is 17.6 Å². The van der Waals surface area contributed by atoms with Gasteiger partial charge in [-0.2, -0.15) is 0 Å². The maximum absolute atomic E-state index is 12.2. The van der Waals surface area contributed by atoms with Gasteiger partial charge in [0.15, 0.2) is 0 Å². The van der Waals surface area contributed by atoms with Crippen LogP contribution in [0, 0.1) is 10.1 Å². The normalized spacial score (nSPS) is 11.8. The summed E-state index contributed by atoms with van der Waals surface area (Å²) in [6, 6.07) is 4.62. The van der Waals surface area contributed by atoms with Crippen molar-refractivity contribution in [1.82, 2.24) is 5.32 Å². The van der Waals surface area contributed by atoms with Crippen LogP contribution in [0.2, 0.25) is 0 Å². The molecule has 0 saturated heterocycles. The minimum atomic E-state index is -0.474. The lowest BCUT2D eigenvalue weighted by Crippen LogP contribution is -2.34. The molecule has 1 amide bonds. The van der Waals surface area contributed by atoms with Gasteiger partial charge >= 0.3 is 0 Å². The number of amides is 1. The predicted molar refractivity (Wildman–Crippen MR) is 83.7 cm³/mol. The molecule has 0 saturated carbocycles. The molecular formula is C15H23N3O3. The second kappa shape index (κ2) is 8.24. The molecule has 1 aromatic carbocycles. The Morgan fingerprint density at radius 3 is 2.57 bits per heavy atom. The van der Waals surface area contributed by atoms with Crippen molar-refractivity contribution in [2.24, 2.45) is 0 Å². The number of hydrogen-bond donors (Lipinski definition) is 2. The van der Waals surface area contributed by atoms with Crippen LogP contribution in [0.25, 0.3) is 0 Å². The van der Waals surface area contributed by atoms with Crippen molar-refractivity contribution in [1.29, 1.82) is 0 Å². The largest absolute Gasteiger partial charge is 0.380 e. The number of nitro groups is 1. The third-order valence-electron chi connectivity index (χ3n) is 3.29. The molecule has 116 valence electrons. The van der Waals surface area contributed by atoms with Crippen molar-refractivity contribution < 1.29 is 9.72 Å². The van der Waals surface area contributed by atoms with Crippen LogP contribution in [0.5, 0.6) is 0 Å². The number of nitrogens with one attached hydrogen (secondary N) is 2. The van der Waals surface area contributed by atoms with Gasteiger partial charge in [0.2, 0.25) is 0 Å². The van der Waals surface area contributed by atoms with Crippen molar-refractivity contribution in [3.63, 3.8) is 0 Å². The van der Waals surface area contributed by atoms with Gasteiger partial charge in [0.1, 0.15) is 5.69 Å². The molecule has 0 radical (unpaired) electrons. The molecule has 0 aliphatic heterocycles. The zero-order chi connectivity index (χ0) is 15.8. The van der Waals surface area contributed by atoms with Gasteiger partial charge < -0.3 is 10.6 Å². The maximum Gasteiger partial charge on any atom is 0.293 e. The maximum atomic E-state index is 12.2. The van der Waals surface area contributed by atoms with Gasteiger partial charge in [-0.1, -0.05) is 20.3 Å². The van der Waals surface area contributed by atoms with Crippen LogP contribution in [0.1, 0.15) is 50.4 Å². The quantitative estimate of drug-likeness (QED) is 0.568. The summed E-state index contributed by atoms with van der Waals surface area (Å²) in [7, 11) is 0. The fraction of sp³-hybridized carbons (Fsp3) is 0.533. The van der Waals surface area contributed by atoms with Crippen molar-refractivity contribution in [2.45, 2.75) is 46.1 Å². The van der Waals surface area contributed by atoms with E-state index in [1.54, 1.807) is 12.1 Å². The number of carbonyl (C=O) groups excluding carboxylic acids is 1. The monoisotopic (exact) mass is 293 g/mol. The molecule has 0 heterocycles. The fourth-order valence-corrected chi connectivity index (χ4v) is 2.16. The van der Waals surface area contributed by atoms with E-state index in [2.05, 4.69) is 17.6 Å². The molecule has 1 aromatic rings. The van der Waals surface area contributed by atoms with Gasteiger partial charge in [-0.3, -0.25) is 14.9 Å². The van der Waals surface area contributed by atoms with Gasteiger partial charge in [-0.05, 0) is 31.9 Å². The van der Waals surface area contributed by atoms with Gasteiger partial charge in [-0.25, -0.2) is 0 Å². The Morgan fingerprint density at radius 2 is 2.05 bits per heavy atom. The molecule has 0 spiro atoms. The molecule has 1 atom stereocenters. The number of rotatable bonds is 8. The summed E-state index contributed by atoms with van der Waals surface area (Å²) in [6.07, 6.45) is 2.73. The Labute approximate surface area is 125 Å². The van der Waals surface area contributed by atoms with E-state index in [0.717, 1.165) is 19.3 Å². The van der Waals surface area contributed by atoms with E-state index in [9.17, 15) is 14.9 Å². The Kier molecular flexibility index (Phi) is 6.65. The van der Waals surface area contributed by atoms with Crippen LogP contribution in [-0.2, 0) is 0 Å². The third kappa shape index (κ3) is 4.73. The van der Waals surface area contributed by atoms with Crippen molar-refractivity contribution in [3.8, 4) is 0 Å². The summed E-state index contributed by atoms with van der Waals surface area (Å²) in [6.45, 7) is 6.52. The number of anilines is 1. The minimum Gasteiger partial charge on any atom is -0.380 e. The molecule has 6 nitrogen and oxygen atoms in total. The Bertz CT molecular complexity index is 503. The summed E-state index contributed by atoms with van der Waals surface area (Å²) in [5.41, 5.74) is 0.672. The number of hydrogen-bond acceptors (Lipinski definition) is 4. The molecule has 0 bridgehead atoms. The smallest absolute Gasteiger partial charge is 0.293 e. The summed E-state index contributed by atoms with van der Waals surface area (Å²) >= 11 is 0. The second-order valence-corrected chi connectivity index (χ2v) is 4.89. The highest BCUT2D eigenvalue weighted by atomic mass is 16.6. The molecule has 0 fully saturated rings. The van der Waals surface area contributed by atoms with Gasteiger partial charge in [0, 0.05) is 24.2 Å². The molecule has 0 aliphatic carbocycles. The number of nitro benzene ring substituents is 1. The first-order valence-corrected chi connectivity index (χ1v) is 7.36. The summed E-state index contributed by atoms with van der Waals surface area (Å²) in [4.78, 5) is 22.8. The zero-order valence-corrected chi connectivity index (χ0v) is 12.8. The molecule has 2 N–H and O–H groups in total. The summed E-state index contributed by atoms with van der Waals surface area (Å²) < 4.78 is 0. The van der Waals surface area contributed by atoms with Gasteiger partial charge in [-0.15, -0.1) is 0 Å². The van der Waals surface area contributed by atoms with E-state index in [0.29, 0.717) is 17.8 Å². The molecule has 1 unspecified atom stereocenters. The molecular weight excluding hydrogens is 270 g/mol. The minimum absolute atomic E-state index is 0.0759. The lowest BCUT2D eigenvalue weighted by atomic mass is 10.1. The third-order valence-corrected chi connectivity index (χ3v) is 3.29. The first-order valence-electron chi connectivity index (χ1n) is 7.36. The Balaban J connectivity index is 2.95. The van der Waals surface area contributed by atoms with E-state index >= 15 is 0 Å². The first-order chi connectivity index (χ1) is 10.0. The zero-order valence-electron chi connectivity index (χ0n) is 12.8. The highest BCUT2D eigenvalue weighted by Gasteiger charge is 2.18. The highest BCUT2D eigenvalue weighted by molar-refractivity contribution is 5.95. The van der Waals surface area contributed by atoms with Crippen molar-refractivity contribution in [3.05, 3.63) is 33.9 Å². The first kappa shape index (κ1) is 16.9. The predicted octanol–water partition coefficient (Wildman–Crippen LogP) is 3.34. The molecule has 0 aliphatic rings. The van der Waals surface area contributed by atoms with E-state index in [1.165, 1.54) is 6.07 Å². The standard InChI is InChI=1S/C15H23N3O3/c1-4-7-12(5-2)17-15(19)11-8-9-13(16-6-3)14(10-11)18(20)21/h8-10,12,16H,4-7H2,1-3H3,(H,17,19). The van der Waals surface area contributed by atoms with Crippen LogP contribution >= 0.6 is 0 Å². The number of benzene rings is 1. The Morgan fingerprint density at radius 1 is 1.33 bits per heavy atom. The summed E-state index contributed by atoms with van der Waals surface area (Å²) in [5, 5.41) is 16.9. The van der Waals surface area contributed by atoms with Crippen molar-refractivity contribution in [2.75, 3.05) is 11.9 Å². The fourth-order valence-electron chi connectivity index (χ4n) is 2.16. The molecule has 21 heavy (non-hydrogen) atoms. The lowest BCUT2D eigenvalue weighted by molar-refractivity contribution is -0.384. The van der Waals surface area contributed by atoms with Crippen LogP contribution < -0.4 is 10.6 Å². The van der Waals surface area contributed by atoms with Crippen LogP contribution in [0.3, 0.4) is 0 Å². The van der Waals surface area contributed by atoms with Gasteiger partial charge in [0.25, 0.3) is 11.6 Å². The number of nitrogens with zero attached hydrogens (tertiary/aromatic N) is 1. The van der Waals surface area contributed by atoms with E-state index in [1.807, 2.05) is 13.8 Å². The van der Waals surface area contributed by atoms with Crippen molar-refractivity contribution >= 4 is 17.3 Å². The SMILES string of the molecule is CCCC(CC)NC(=O)c1ccc(NCC)c([N+](=O)[O-])c1. The molecule has 1 rings (SSSR count). The molecule has 6 heteroatoms. The second-order valence-electron chi connectivity index (χ2n) is 4.89. The topological polar surface area (TPSA) is 84.3 Å². The van der Waals surface area contributed by atoms with E-state index in [4.69, 9.17) is 0 Å². The average Bonchev–Trinajstić information content (AvgIpc) is 2.47. The number of carbonyl (C=O) groups is 1. The van der Waals surface area contributed by atoms with Gasteiger partial charge in [0.05, 0.1) is 4.92 Å². The lowest BCUT2D eigenvalue weighted by Gasteiger charge is -2.16. The summed E-state index contributed by atoms with van der Waals surface area (Å²) in [5.74, 6) is -0.263. The average molecular weight is 293 g/mol. The molecule has 0 aromatic heterocycles. The Hall–Kier alpha value is -2.11. The van der Waals surface area contributed by atoms with Crippen LogP contribution in [0.15, 0.2) is 18.2 Å². The van der Waals surface area contributed by atoms with Crippen LogP contribution in [-0.4, -0.2) is 23.4 Å². The van der Waals surface area contributed by atoms with Crippen LogP contribution in [0.4, 0.5) is 11.4 Å². The van der Waals surface area contributed by atoms with E-state index < -0.39 is 4.92 Å².